The van der Waals surface area contributed by atoms with Crippen molar-refractivity contribution in [2.24, 2.45) is 0 Å². The zero-order valence-corrected chi connectivity index (χ0v) is 19.1. The number of halogens is 1. The second kappa shape index (κ2) is 9.70. The van der Waals surface area contributed by atoms with Crippen LogP contribution in [0.4, 0.5) is 0 Å². The van der Waals surface area contributed by atoms with Gasteiger partial charge in [-0.25, -0.2) is 0 Å². The predicted molar refractivity (Wildman–Crippen MR) is 123 cm³/mol. The van der Waals surface area contributed by atoms with Crippen LogP contribution in [0.3, 0.4) is 0 Å². The summed E-state index contributed by atoms with van der Waals surface area (Å²) >= 11 is 6.09. The third-order valence-corrected chi connectivity index (χ3v) is 6.40. The second-order valence-corrected chi connectivity index (χ2v) is 8.61. The average Bonchev–Trinajstić information content (AvgIpc) is 3.32. The van der Waals surface area contributed by atoms with Gasteiger partial charge in [-0.2, -0.15) is 0 Å². The number of aromatic hydroxyl groups is 1. The number of likely N-dealkylation sites (tertiary alicyclic amines) is 1. The monoisotopic (exact) mass is 471 g/mol. The van der Waals surface area contributed by atoms with Gasteiger partial charge in [-0.1, -0.05) is 17.7 Å². The van der Waals surface area contributed by atoms with E-state index < -0.39 is 6.04 Å². The van der Waals surface area contributed by atoms with Crippen LogP contribution in [0.5, 0.6) is 11.5 Å². The molecule has 2 aliphatic rings. The maximum absolute atomic E-state index is 13.3. The fraction of sp³-hybridized carbons (Fsp3) is 0.375. The maximum atomic E-state index is 13.3. The summed E-state index contributed by atoms with van der Waals surface area (Å²) in [5.74, 6) is -0.100. The highest BCUT2D eigenvalue weighted by Gasteiger charge is 2.38. The van der Waals surface area contributed by atoms with Gasteiger partial charge in [0.15, 0.2) is 0 Å². The minimum Gasteiger partial charge on any atom is -0.508 e. The van der Waals surface area contributed by atoms with Crippen molar-refractivity contribution in [2.75, 3.05) is 39.8 Å². The summed E-state index contributed by atoms with van der Waals surface area (Å²) in [6.45, 7) is 2.05. The number of benzene rings is 2. The van der Waals surface area contributed by atoms with Crippen molar-refractivity contribution in [3.8, 4) is 11.5 Å². The molecular formula is C24H26ClN3O5. The van der Waals surface area contributed by atoms with Gasteiger partial charge in [0.2, 0.25) is 5.91 Å². The molecule has 0 radical (unpaired) electrons. The van der Waals surface area contributed by atoms with Gasteiger partial charge in [0.1, 0.15) is 17.5 Å². The number of amides is 3. The first-order valence-corrected chi connectivity index (χ1v) is 11.3. The zero-order valence-electron chi connectivity index (χ0n) is 18.4. The van der Waals surface area contributed by atoms with Crippen LogP contribution in [0.1, 0.15) is 33.6 Å². The molecule has 2 heterocycles. The molecule has 4 rings (SSSR count). The summed E-state index contributed by atoms with van der Waals surface area (Å²) in [4.78, 5) is 44.2. The molecule has 0 unspecified atom stereocenters. The maximum Gasteiger partial charge on any atom is 0.258 e. The molecular weight excluding hydrogens is 446 g/mol. The van der Waals surface area contributed by atoms with Crippen LogP contribution in [0.15, 0.2) is 42.5 Å². The largest absolute Gasteiger partial charge is 0.508 e. The van der Waals surface area contributed by atoms with Crippen LogP contribution in [0.25, 0.3) is 0 Å². The van der Waals surface area contributed by atoms with Crippen LogP contribution in [-0.2, 0) is 4.79 Å². The lowest BCUT2D eigenvalue weighted by atomic mass is 10.1. The Hall–Kier alpha value is -3.26. The van der Waals surface area contributed by atoms with Crippen LogP contribution in [0, 0.1) is 0 Å². The average molecular weight is 472 g/mol. The quantitative estimate of drug-likeness (QED) is 0.740. The number of rotatable bonds is 4. The van der Waals surface area contributed by atoms with E-state index in [1.807, 2.05) is 0 Å². The number of ether oxygens (including phenoxy) is 1. The summed E-state index contributed by atoms with van der Waals surface area (Å²) in [6, 6.07) is 10.6. The highest BCUT2D eigenvalue weighted by atomic mass is 35.5. The Labute approximate surface area is 197 Å². The Morgan fingerprint density at radius 2 is 1.70 bits per heavy atom. The SMILES string of the molecule is COc1ccc(Cl)cc1C(=O)N1CCC[C@H]1C(=O)N1CCN(C(=O)c2cccc(O)c2)CC1. The van der Waals surface area contributed by atoms with E-state index in [1.165, 1.54) is 19.2 Å². The number of carbonyl (C=O) groups excluding carboxylic acids is 3. The summed E-state index contributed by atoms with van der Waals surface area (Å²) in [5.41, 5.74) is 0.754. The van der Waals surface area contributed by atoms with Crippen molar-refractivity contribution in [3.05, 3.63) is 58.6 Å². The van der Waals surface area contributed by atoms with Crippen LogP contribution < -0.4 is 4.74 Å². The van der Waals surface area contributed by atoms with E-state index in [4.69, 9.17) is 16.3 Å². The second-order valence-electron chi connectivity index (χ2n) is 8.17. The first-order valence-electron chi connectivity index (χ1n) is 10.9. The van der Waals surface area contributed by atoms with Crippen molar-refractivity contribution in [3.63, 3.8) is 0 Å². The Balaban J connectivity index is 1.42. The van der Waals surface area contributed by atoms with Crippen molar-refractivity contribution in [1.29, 1.82) is 0 Å². The molecule has 1 atom stereocenters. The van der Waals surface area contributed by atoms with E-state index in [0.29, 0.717) is 61.0 Å². The van der Waals surface area contributed by atoms with E-state index in [2.05, 4.69) is 0 Å². The molecule has 0 bridgehead atoms. The van der Waals surface area contributed by atoms with E-state index in [1.54, 1.807) is 45.0 Å². The topological polar surface area (TPSA) is 90.4 Å². The Bertz CT molecular complexity index is 1070. The van der Waals surface area contributed by atoms with Gasteiger partial charge in [-0.05, 0) is 49.2 Å². The van der Waals surface area contributed by atoms with Crippen LogP contribution >= 0.6 is 11.6 Å². The number of phenols is 1. The van der Waals surface area contributed by atoms with Crippen molar-refractivity contribution >= 4 is 29.3 Å². The fourth-order valence-electron chi connectivity index (χ4n) is 4.43. The number of carbonyl (C=O) groups is 3. The van der Waals surface area contributed by atoms with Gasteiger partial charge in [0, 0.05) is 43.3 Å². The molecule has 2 aliphatic heterocycles. The number of nitrogens with zero attached hydrogens (tertiary/aromatic N) is 3. The fourth-order valence-corrected chi connectivity index (χ4v) is 4.60. The van der Waals surface area contributed by atoms with E-state index >= 15 is 0 Å². The molecule has 0 aromatic heterocycles. The molecule has 2 aromatic carbocycles. The number of methoxy groups -OCH3 is 1. The van der Waals surface area contributed by atoms with Crippen molar-refractivity contribution < 1.29 is 24.2 Å². The zero-order chi connectivity index (χ0) is 23.5. The smallest absolute Gasteiger partial charge is 0.258 e. The number of piperazine rings is 1. The molecule has 33 heavy (non-hydrogen) atoms. The molecule has 2 aromatic rings. The molecule has 0 aliphatic carbocycles. The molecule has 1 N–H and O–H groups in total. The van der Waals surface area contributed by atoms with Crippen LogP contribution in [0.2, 0.25) is 5.02 Å². The molecule has 9 heteroatoms. The summed E-state index contributed by atoms with van der Waals surface area (Å²) in [6.07, 6.45) is 1.33. The number of hydrogen-bond acceptors (Lipinski definition) is 5. The third-order valence-electron chi connectivity index (χ3n) is 6.16. The minimum atomic E-state index is -0.547. The van der Waals surface area contributed by atoms with Gasteiger partial charge in [-0.3, -0.25) is 14.4 Å². The van der Waals surface area contributed by atoms with Crippen LogP contribution in [-0.4, -0.2) is 83.4 Å². The predicted octanol–water partition coefficient (Wildman–Crippen LogP) is 2.64. The van der Waals surface area contributed by atoms with Gasteiger partial charge < -0.3 is 24.5 Å². The summed E-state index contributed by atoms with van der Waals surface area (Å²) < 4.78 is 5.32. The van der Waals surface area contributed by atoms with E-state index in [0.717, 1.165) is 6.42 Å². The third kappa shape index (κ3) is 4.75. The molecule has 2 saturated heterocycles. The normalized spacial score (nSPS) is 18.4. The lowest BCUT2D eigenvalue weighted by molar-refractivity contribution is -0.136. The molecule has 2 fully saturated rings. The number of phenolic OH excluding ortho intramolecular Hbond substituents is 1. The highest BCUT2D eigenvalue weighted by molar-refractivity contribution is 6.31. The standard InChI is InChI=1S/C24H26ClN3O5/c1-33-21-8-7-17(25)15-19(21)23(31)28-9-3-6-20(28)24(32)27-12-10-26(11-13-27)22(30)16-4-2-5-18(29)14-16/h2,4-5,7-8,14-15,20,29H,3,6,9-13H2,1H3/t20-/m0/s1. The van der Waals surface area contributed by atoms with Crippen molar-refractivity contribution in [1.82, 2.24) is 14.7 Å². The summed E-state index contributed by atoms with van der Waals surface area (Å²) in [5, 5.41) is 10.1. The molecule has 8 nitrogen and oxygen atoms in total. The Morgan fingerprint density at radius 3 is 2.39 bits per heavy atom. The van der Waals surface area contributed by atoms with Gasteiger partial charge in [0.05, 0.1) is 12.7 Å². The lowest BCUT2D eigenvalue weighted by Crippen LogP contribution is -2.55. The lowest BCUT2D eigenvalue weighted by Gasteiger charge is -2.37. The van der Waals surface area contributed by atoms with Gasteiger partial charge >= 0.3 is 0 Å². The van der Waals surface area contributed by atoms with E-state index in [-0.39, 0.29) is 23.5 Å². The van der Waals surface area contributed by atoms with Gasteiger partial charge in [-0.15, -0.1) is 0 Å². The first-order chi connectivity index (χ1) is 15.9. The minimum absolute atomic E-state index is 0.0389. The molecule has 0 spiro atoms. The van der Waals surface area contributed by atoms with Crippen molar-refractivity contribution in [2.45, 2.75) is 18.9 Å². The molecule has 3 amide bonds. The van der Waals surface area contributed by atoms with Gasteiger partial charge in [0.25, 0.3) is 11.8 Å². The Kier molecular flexibility index (Phi) is 6.74. The molecule has 0 saturated carbocycles. The van der Waals surface area contributed by atoms with E-state index in [9.17, 15) is 19.5 Å². The first kappa shape index (κ1) is 22.9. The highest BCUT2D eigenvalue weighted by Crippen LogP contribution is 2.28. The Morgan fingerprint density at radius 1 is 0.970 bits per heavy atom. The number of hydrogen-bond donors (Lipinski definition) is 1. The molecule has 174 valence electrons. The summed E-state index contributed by atoms with van der Waals surface area (Å²) in [7, 11) is 1.49.